The average Bonchev–Trinajstić information content (AvgIpc) is 2.69. The summed E-state index contributed by atoms with van der Waals surface area (Å²) in [4.78, 5) is 0. The molecule has 0 unspecified atom stereocenters. The van der Waals surface area contributed by atoms with Gasteiger partial charge in [0.05, 0.1) is 0 Å². The number of nitrogens with one attached hydrogen (secondary N) is 2. The maximum atomic E-state index is 5.42. The van der Waals surface area contributed by atoms with Gasteiger partial charge < -0.3 is 10.6 Å². The third-order valence-electron chi connectivity index (χ3n) is 4.47. The van der Waals surface area contributed by atoms with E-state index in [0.29, 0.717) is 5.11 Å². The molecular formula is C26H36N2S. The standard InChI is InChI=1S/C24H30N2S.C2H6/c1-7-8-17(2)19-11-15-22(16-12-19)26-23(27)25-18(3)20-9-13-21(14-10-20)24(4,5)6;1-2/h9-16H,2-3,7-8H2,1,4-6H3,(H2,25,26,27);1-2H3. The molecule has 156 valence electrons. The van der Waals surface area contributed by atoms with Crippen molar-refractivity contribution in [2.24, 2.45) is 0 Å². The first-order chi connectivity index (χ1) is 13.7. The van der Waals surface area contributed by atoms with Crippen molar-refractivity contribution in [3.63, 3.8) is 0 Å². The van der Waals surface area contributed by atoms with Crippen LogP contribution in [0.4, 0.5) is 5.69 Å². The van der Waals surface area contributed by atoms with Crippen molar-refractivity contribution >= 4 is 34.3 Å². The Hall–Kier alpha value is -2.39. The molecule has 0 atom stereocenters. The first kappa shape index (κ1) is 24.6. The summed E-state index contributed by atoms with van der Waals surface area (Å²) in [7, 11) is 0. The summed E-state index contributed by atoms with van der Waals surface area (Å²) in [5.41, 5.74) is 6.51. The number of allylic oxidation sites excluding steroid dienone is 1. The Morgan fingerprint density at radius 3 is 1.90 bits per heavy atom. The number of benzene rings is 2. The molecule has 2 aromatic rings. The monoisotopic (exact) mass is 408 g/mol. The van der Waals surface area contributed by atoms with Gasteiger partial charge in [-0.15, -0.1) is 0 Å². The molecule has 2 aromatic carbocycles. The van der Waals surface area contributed by atoms with E-state index in [1.54, 1.807) is 0 Å². The highest BCUT2D eigenvalue weighted by Gasteiger charge is 2.13. The van der Waals surface area contributed by atoms with E-state index >= 15 is 0 Å². The molecular weight excluding hydrogens is 372 g/mol. The molecule has 2 nitrogen and oxygen atoms in total. The normalized spacial score (nSPS) is 10.4. The van der Waals surface area contributed by atoms with Crippen LogP contribution in [-0.4, -0.2) is 5.11 Å². The summed E-state index contributed by atoms with van der Waals surface area (Å²) in [5, 5.41) is 6.90. The van der Waals surface area contributed by atoms with E-state index in [4.69, 9.17) is 12.2 Å². The first-order valence-electron chi connectivity index (χ1n) is 10.4. The molecule has 0 spiro atoms. The van der Waals surface area contributed by atoms with Crippen molar-refractivity contribution in [2.45, 2.75) is 59.8 Å². The Morgan fingerprint density at radius 1 is 0.897 bits per heavy atom. The lowest BCUT2D eigenvalue weighted by Gasteiger charge is -2.20. The number of anilines is 1. The fourth-order valence-electron chi connectivity index (χ4n) is 2.78. The van der Waals surface area contributed by atoms with E-state index in [1.807, 2.05) is 26.0 Å². The van der Waals surface area contributed by atoms with Crippen LogP contribution < -0.4 is 10.6 Å². The highest BCUT2D eigenvalue weighted by atomic mass is 32.1. The molecule has 29 heavy (non-hydrogen) atoms. The van der Waals surface area contributed by atoms with Crippen LogP contribution in [0.25, 0.3) is 11.3 Å². The van der Waals surface area contributed by atoms with Gasteiger partial charge in [-0.05, 0) is 58.4 Å². The quantitative estimate of drug-likeness (QED) is 0.477. The van der Waals surface area contributed by atoms with E-state index in [9.17, 15) is 0 Å². The molecule has 2 N–H and O–H groups in total. The van der Waals surface area contributed by atoms with Crippen LogP contribution in [-0.2, 0) is 5.41 Å². The van der Waals surface area contributed by atoms with Gasteiger partial charge in [0.2, 0.25) is 0 Å². The van der Waals surface area contributed by atoms with Crippen molar-refractivity contribution in [3.8, 4) is 0 Å². The minimum atomic E-state index is 0.138. The van der Waals surface area contributed by atoms with Gasteiger partial charge in [-0.3, -0.25) is 0 Å². The Morgan fingerprint density at radius 2 is 1.41 bits per heavy atom. The summed E-state index contributed by atoms with van der Waals surface area (Å²) >= 11 is 5.42. The van der Waals surface area contributed by atoms with Gasteiger partial charge >= 0.3 is 0 Å². The topological polar surface area (TPSA) is 24.1 Å². The molecule has 0 aromatic heterocycles. The van der Waals surface area contributed by atoms with E-state index in [1.165, 1.54) is 11.1 Å². The second kappa shape index (κ2) is 11.6. The Bertz CT molecular complexity index is 809. The summed E-state index contributed by atoms with van der Waals surface area (Å²) in [5.74, 6) is 0. The lowest BCUT2D eigenvalue weighted by atomic mass is 9.86. The van der Waals surface area contributed by atoms with E-state index in [-0.39, 0.29) is 5.41 Å². The molecule has 0 amide bonds. The minimum absolute atomic E-state index is 0.138. The van der Waals surface area contributed by atoms with Crippen LogP contribution in [0, 0.1) is 0 Å². The van der Waals surface area contributed by atoms with Gasteiger partial charge in [0.25, 0.3) is 0 Å². The maximum Gasteiger partial charge on any atom is 0.175 e. The molecule has 0 saturated carbocycles. The molecule has 0 aliphatic rings. The van der Waals surface area contributed by atoms with Crippen LogP contribution >= 0.6 is 12.2 Å². The average molecular weight is 409 g/mol. The summed E-state index contributed by atoms with van der Waals surface area (Å²) in [6.45, 7) is 21.0. The molecule has 0 radical (unpaired) electrons. The molecule has 2 rings (SSSR count). The SMILES string of the molecule is C=C(CCC)c1ccc(NC(=S)NC(=C)c2ccc(C(C)(C)C)cc2)cc1.CC. The molecule has 0 heterocycles. The molecule has 0 aliphatic carbocycles. The zero-order valence-electron chi connectivity index (χ0n) is 18.9. The summed E-state index contributed by atoms with van der Waals surface area (Å²) in [6.07, 6.45) is 2.12. The molecule has 0 fully saturated rings. The van der Waals surface area contributed by atoms with Crippen molar-refractivity contribution in [2.75, 3.05) is 5.32 Å². The predicted molar refractivity (Wildman–Crippen MR) is 135 cm³/mol. The third-order valence-corrected chi connectivity index (χ3v) is 4.67. The van der Waals surface area contributed by atoms with Crippen LogP contribution in [0.15, 0.2) is 61.7 Å². The predicted octanol–water partition coefficient (Wildman–Crippen LogP) is 7.78. The van der Waals surface area contributed by atoms with Crippen molar-refractivity contribution in [1.82, 2.24) is 5.32 Å². The Balaban J connectivity index is 0.00000204. The molecule has 0 saturated heterocycles. The first-order valence-corrected chi connectivity index (χ1v) is 10.8. The van der Waals surface area contributed by atoms with Crippen LogP contribution in [0.2, 0.25) is 0 Å². The van der Waals surface area contributed by atoms with E-state index in [2.05, 4.69) is 87.9 Å². The minimum Gasteiger partial charge on any atom is -0.332 e. The largest absolute Gasteiger partial charge is 0.332 e. The molecule has 0 bridgehead atoms. The summed E-state index contributed by atoms with van der Waals surface area (Å²) in [6, 6.07) is 16.6. The number of hydrogen-bond acceptors (Lipinski definition) is 1. The Labute approximate surface area is 183 Å². The highest BCUT2D eigenvalue weighted by molar-refractivity contribution is 7.80. The van der Waals surface area contributed by atoms with Gasteiger partial charge in [0.1, 0.15) is 0 Å². The number of thiocarbonyl (C=S) groups is 1. The van der Waals surface area contributed by atoms with Gasteiger partial charge in [-0.1, -0.05) is 97.5 Å². The Kier molecular flexibility index (Phi) is 9.84. The van der Waals surface area contributed by atoms with E-state index in [0.717, 1.165) is 35.4 Å². The number of rotatable bonds is 6. The van der Waals surface area contributed by atoms with Crippen LogP contribution in [0.1, 0.15) is 71.1 Å². The van der Waals surface area contributed by atoms with Gasteiger partial charge in [0, 0.05) is 11.4 Å². The van der Waals surface area contributed by atoms with Gasteiger partial charge in [-0.25, -0.2) is 0 Å². The van der Waals surface area contributed by atoms with Crippen LogP contribution in [0.3, 0.4) is 0 Å². The highest BCUT2D eigenvalue weighted by Crippen LogP contribution is 2.23. The maximum absolute atomic E-state index is 5.42. The van der Waals surface area contributed by atoms with Crippen molar-refractivity contribution < 1.29 is 0 Å². The lowest BCUT2D eigenvalue weighted by Crippen LogP contribution is -2.26. The van der Waals surface area contributed by atoms with E-state index < -0.39 is 0 Å². The van der Waals surface area contributed by atoms with Crippen molar-refractivity contribution in [1.29, 1.82) is 0 Å². The van der Waals surface area contributed by atoms with Gasteiger partial charge in [0.15, 0.2) is 5.11 Å². The number of hydrogen-bond donors (Lipinski definition) is 2. The van der Waals surface area contributed by atoms with Crippen molar-refractivity contribution in [3.05, 3.63) is 78.4 Å². The van der Waals surface area contributed by atoms with Crippen LogP contribution in [0.5, 0.6) is 0 Å². The molecule has 3 heteroatoms. The second-order valence-corrected chi connectivity index (χ2v) is 8.22. The fraction of sp³-hybridized carbons (Fsp3) is 0.346. The fourth-order valence-corrected chi connectivity index (χ4v) is 3.02. The summed E-state index contributed by atoms with van der Waals surface area (Å²) < 4.78 is 0. The second-order valence-electron chi connectivity index (χ2n) is 7.82. The van der Waals surface area contributed by atoms with Gasteiger partial charge in [-0.2, -0.15) is 0 Å². The zero-order chi connectivity index (χ0) is 22.0. The lowest BCUT2D eigenvalue weighted by molar-refractivity contribution is 0.590. The molecule has 0 aliphatic heterocycles. The zero-order valence-corrected chi connectivity index (χ0v) is 19.7. The smallest absolute Gasteiger partial charge is 0.175 e. The third kappa shape index (κ3) is 7.86.